The Balaban J connectivity index is 0. The van der Waals surface area contributed by atoms with Gasteiger partial charge in [-0.25, -0.2) is 0 Å². The predicted molar refractivity (Wildman–Crippen MR) is 60.4 cm³/mol. The first kappa shape index (κ1) is 16.3. The molecule has 0 bridgehead atoms. The maximum absolute atomic E-state index is 8.43. The maximum Gasteiger partial charge on any atom is 0.0468 e. The van der Waals surface area contributed by atoms with Crippen LogP contribution in [-0.4, -0.2) is 50.6 Å². The van der Waals surface area contributed by atoms with Crippen LogP contribution in [-0.2, 0) is 0 Å². The third-order valence-electron chi connectivity index (χ3n) is 1.73. The fraction of sp³-hybridized carbons (Fsp3) is 1.00. The molecule has 88 valence electrons. The molecule has 0 amide bonds. The molecule has 0 aromatic carbocycles. The maximum atomic E-state index is 8.43. The van der Waals surface area contributed by atoms with Crippen LogP contribution in [0.1, 0.15) is 13.8 Å². The van der Waals surface area contributed by atoms with Gasteiger partial charge in [0.1, 0.15) is 0 Å². The Morgan fingerprint density at radius 2 is 1.14 bits per heavy atom. The summed E-state index contributed by atoms with van der Waals surface area (Å²) in [7, 11) is 3.76. The van der Waals surface area contributed by atoms with Gasteiger partial charge in [0, 0.05) is 13.2 Å². The highest BCUT2D eigenvalue weighted by Gasteiger charge is 1.94. The Labute approximate surface area is 87.7 Å². The lowest BCUT2D eigenvalue weighted by molar-refractivity contribution is 0.236. The monoisotopic (exact) mass is 206 g/mol. The fourth-order valence-corrected chi connectivity index (χ4v) is 0.826. The van der Waals surface area contributed by atoms with Crippen molar-refractivity contribution in [3.05, 3.63) is 0 Å². The van der Waals surface area contributed by atoms with Gasteiger partial charge in [-0.1, -0.05) is 13.8 Å². The van der Waals surface area contributed by atoms with E-state index in [-0.39, 0.29) is 13.2 Å². The molecule has 2 unspecified atom stereocenters. The fourth-order valence-electron chi connectivity index (χ4n) is 0.826. The van der Waals surface area contributed by atoms with Crippen molar-refractivity contribution in [2.45, 2.75) is 13.8 Å². The second-order valence-corrected chi connectivity index (χ2v) is 3.69. The van der Waals surface area contributed by atoms with Gasteiger partial charge in [0.05, 0.1) is 0 Å². The molecule has 0 radical (unpaired) electrons. The number of nitrogens with one attached hydrogen (secondary N) is 2. The number of rotatable bonds is 6. The summed E-state index contributed by atoms with van der Waals surface area (Å²) in [5.41, 5.74) is 0. The molecule has 14 heavy (non-hydrogen) atoms. The van der Waals surface area contributed by atoms with Gasteiger partial charge in [-0.2, -0.15) is 0 Å². The van der Waals surface area contributed by atoms with E-state index in [9.17, 15) is 0 Å². The molecule has 4 nitrogen and oxygen atoms in total. The van der Waals surface area contributed by atoms with Crippen molar-refractivity contribution in [2.75, 3.05) is 40.4 Å². The van der Waals surface area contributed by atoms with E-state index in [1.54, 1.807) is 0 Å². The zero-order valence-corrected chi connectivity index (χ0v) is 9.88. The van der Waals surface area contributed by atoms with Gasteiger partial charge in [-0.15, -0.1) is 0 Å². The van der Waals surface area contributed by atoms with E-state index >= 15 is 0 Å². The number of hydrogen-bond acceptors (Lipinski definition) is 4. The summed E-state index contributed by atoms with van der Waals surface area (Å²) >= 11 is 0. The summed E-state index contributed by atoms with van der Waals surface area (Å²) in [6.07, 6.45) is 0. The highest BCUT2D eigenvalue weighted by molar-refractivity contribution is 4.49. The highest BCUT2D eigenvalue weighted by Crippen LogP contribution is 1.86. The van der Waals surface area contributed by atoms with E-state index in [1.165, 1.54) is 0 Å². The largest absolute Gasteiger partial charge is 0.396 e. The summed E-state index contributed by atoms with van der Waals surface area (Å²) in [5, 5.41) is 22.8. The van der Waals surface area contributed by atoms with Crippen LogP contribution in [0.3, 0.4) is 0 Å². The second-order valence-electron chi connectivity index (χ2n) is 3.69. The molecule has 0 heterocycles. The molecule has 0 rings (SSSR count). The van der Waals surface area contributed by atoms with Gasteiger partial charge in [-0.05, 0) is 39.0 Å². The van der Waals surface area contributed by atoms with E-state index < -0.39 is 0 Å². The summed E-state index contributed by atoms with van der Waals surface area (Å²) in [4.78, 5) is 0. The number of aliphatic hydroxyl groups excluding tert-OH is 2. The van der Waals surface area contributed by atoms with E-state index in [0.717, 1.165) is 13.1 Å². The molecule has 4 N–H and O–H groups in total. The zero-order chi connectivity index (χ0) is 11.4. The lowest BCUT2D eigenvalue weighted by Gasteiger charge is -2.03. The molecule has 4 heteroatoms. The normalized spacial score (nSPS) is 14.1. The minimum absolute atomic E-state index is 0.279. The van der Waals surface area contributed by atoms with Crippen LogP contribution in [0.4, 0.5) is 0 Å². The lowest BCUT2D eigenvalue weighted by Crippen LogP contribution is -2.18. The minimum Gasteiger partial charge on any atom is -0.396 e. The quantitative estimate of drug-likeness (QED) is 0.480. The van der Waals surface area contributed by atoms with Crippen LogP contribution < -0.4 is 10.6 Å². The SMILES string of the molecule is CNCC(C)CO.CNCC(C)CO. The van der Waals surface area contributed by atoms with Gasteiger partial charge < -0.3 is 20.8 Å². The molecule has 2 atom stereocenters. The topological polar surface area (TPSA) is 64.5 Å². The van der Waals surface area contributed by atoms with E-state index in [4.69, 9.17) is 10.2 Å². The molecule has 0 saturated heterocycles. The van der Waals surface area contributed by atoms with Crippen LogP contribution >= 0.6 is 0 Å². The minimum atomic E-state index is 0.279. The average Bonchev–Trinajstić information content (AvgIpc) is 2.19. The van der Waals surface area contributed by atoms with Gasteiger partial charge in [0.15, 0.2) is 0 Å². The van der Waals surface area contributed by atoms with Crippen LogP contribution in [0.5, 0.6) is 0 Å². The lowest BCUT2D eigenvalue weighted by atomic mass is 10.2. The second kappa shape index (κ2) is 12.8. The third kappa shape index (κ3) is 14.4. The molecular formula is C10H26N2O2. The predicted octanol–water partition coefficient (Wildman–Crippen LogP) is -0.332. The smallest absolute Gasteiger partial charge is 0.0468 e. The summed E-state index contributed by atoms with van der Waals surface area (Å²) in [5.74, 6) is 0.787. The van der Waals surface area contributed by atoms with Crippen LogP contribution in [0.15, 0.2) is 0 Å². The van der Waals surface area contributed by atoms with Crippen molar-refractivity contribution in [1.29, 1.82) is 0 Å². The molecule has 0 aliphatic carbocycles. The molecule has 0 saturated carbocycles. The standard InChI is InChI=1S/2C5H13NO/c2*1-5(4-7)3-6-2/h2*5-7H,3-4H2,1-2H3. The number of hydrogen-bond donors (Lipinski definition) is 4. The van der Waals surface area contributed by atoms with Crippen molar-refractivity contribution in [3.8, 4) is 0 Å². The third-order valence-corrected chi connectivity index (χ3v) is 1.73. The average molecular weight is 206 g/mol. The van der Waals surface area contributed by atoms with Crippen LogP contribution in [0.25, 0.3) is 0 Å². The van der Waals surface area contributed by atoms with Gasteiger partial charge in [0.2, 0.25) is 0 Å². The number of aliphatic hydroxyl groups is 2. The van der Waals surface area contributed by atoms with Crippen molar-refractivity contribution in [2.24, 2.45) is 11.8 Å². The molecule has 0 aliphatic rings. The van der Waals surface area contributed by atoms with Crippen LogP contribution in [0.2, 0.25) is 0 Å². The van der Waals surface area contributed by atoms with Crippen molar-refractivity contribution in [1.82, 2.24) is 10.6 Å². The first-order chi connectivity index (χ1) is 6.62. The Hall–Kier alpha value is -0.160. The molecule has 0 aromatic rings. The van der Waals surface area contributed by atoms with E-state index in [0.29, 0.717) is 11.8 Å². The van der Waals surface area contributed by atoms with Crippen molar-refractivity contribution in [3.63, 3.8) is 0 Å². The Morgan fingerprint density at radius 3 is 1.21 bits per heavy atom. The summed E-state index contributed by atoms with van der Waals surface area (Å²) in [6, 6.07) is 0. The van der Waals surface area contributed by atoms with Crippen LogP contribution in [0, 0.1) is 11.8 Å². The van der Waals surface area contributed by atoms with E-state index in [1.807, 2.05) is 27.9 Å². The highest BCUT2D eigenvalue weighted by atomic mass is 16.3. The first-order valence-corrected chi connectivity index (χ1v) is 5.13. The molecular weight excluding hydrogens is 180 g/mol. The first-order valence-electron chi connectivity index (χ1n) is 5.13. The molecule has 0 aliphatic heterocycles. The molecule has 0 fully saturated rings. The Kier molecular flexibility index (Phi) is 14.9. The summed E-state index contributed by atoms with van der Waals surface area (Å²) in [6.45, 7) is 6.35. The zero-order valence-electron chi connectivity index (χ0n) is 9.88. The Bertz CT molecular complexity index is 90.1. The van der Waals surface area contributed by atoms with E-state index in [2.05, 4.69) is 10.6 Å². The molecule has 0 aromatic heterocycles. The van der Waals surface area contributed by atoms with Crippen molar-refractivity contribution < 1.29 is 10.2 Å². The molecule has 0 spiro atoms. The van der Waals surface area contributed by atoms with Gasteiger partial charge in [-0.3, -0.25) is 0 Å². The van der Waals surface area contributed by atoms with Crippen molar-refractivity contribution >= 4 is 0 Å². The van der Waals surface area contributed by atoms with Gasteiger partial charge >= 0.3 is 0 Å². The Morgan fingerprint density at radius 1 is 0.857 bits per heavy atom. The van der Waals surface area contributed by atoms with Gasteiger partial charge in [0.25, 0.3) is 0 Å². The summed E-state index contributed by atoms with van der Waals surface area (Å²) < 4.78 is 0.